The van der Waals surface area contributed by atoms with E-state index in [9.17, 15) is 13.6 Å². The molecule has 0 heterocycles. The van der Waals surface area contributed by atoms with Crippen LogP contribution in [0.25, 0.3) is 0 Å². The number of rotatable bonds is 2. The maximum absolute atomic E-state index is 12.1. The number of hydrogen-bond donors (Lipinski definition) is 0. The molecule has 0 aromatic heterocycles. The van der Waals surface area contributed by atoms with Crippen molar-refractivity contribution in [3.8, 4) is 0 Å². The minimum absolute atomic E-state index is 0.549. The molecule has 0 aliphatic carbocycles. The van der Waals surface area contributed by atoms with Gasteiger partial charge in [-0.05, 0) is 6.92 Å². The summed E-state index contributed by atoms with van der Waals surface area (Å²) >= 11 is 0. The molecule has 0 radical (unpaired) electrons. The highest BCUT2D eigenvalue weighted by molar-refractivity contribution is 5.76. The Balaban J connectivity index is 3.81. The van der Waals surface area contributed by atoms with Gasteiger partial charge in [0, 0.05) is 14.1 Å². The molecule has 2 nitrogen and oxygen atoms in total. The summed E-state index contributed by atoms with van der Waals surface area (Å²) in [7, 11) is 2.90. The van der Waals surface area contributed by atoms with Crippen molar-refractivity contribution in [1.82, 2.24) is 4.90 Å². The van der Waals surface area contributed by atoms with Crippen LogP contribution in [0.2, 0.25) is 0 Å². The van der Waals surface area contributed by atoms with E-state index < -0.39 is 18.3 Å². The zero-order chi connectivity index (χ0) is 8.36. The van der Waals surface area contributed by atoms with Crippen LogP contribution in [0.4, 0.5) is 8.78 Å². The highest BCUT2D eigenvalue weighted by atomic mass is 19.3. The lowest BCUT2D eigenvalue weighted by atomic mass is 10.2. The number of amides is 1. The molecule has 0 aromatic carbocycles. The number of alkyl halides is 2. The molecule has 0 N–H and O–H groups in total. The maximum Gasteiger partial charge on any atom is 0.254 e. The van der Waals surface area contributed by atoms with Gasteiger partial charge in [0.05, 0.1) is 6.42 Å². The monoisotopic (exact) mass is 151 g/mol. The van der Waals surface area contributed by atoms with E-state index in [0.29, 0.717) is 0 Å². The summed E-state index contributed by atoms with van der Waals surface area (Å²) < 4.78 is 24.2. The summed E-state index contributed by atoms with van der Waals surface area (Å²) in [6.45, 7) is 0.731. The molecule has 0 bridgehead atoms. The van der Waals surface area contributed by atoms with Gasteiger partial charge in [-0.25, -0.2) is 8.78 Å². The molecule has 60 valence electrons. The molecule has 0 atom stereocenters. The third-order valence-electron chi connectivity index (χ3n) is 0.960. The predicted octanol–water partition coefficient (Wildman–Crippen LogP) is 1.12. The van der Waals surface area contributed by atoms with Crippen LogP contribution in [0.5, 0.6) is 0 Å². The molecule has 0 unspecified atom stereocenters. The summed E-state index contributed by atoms with van der Waals surface area (Å²) in [6, 6.07) is 0. The van der Waals surface area contributed by atoms with Gasteiger partial charge >= 0.3 is 0 Å². The Bertz CT molecular complexity index is 128. The second-order valence-corrected chi connectivity index (χ2v) is 2.54. The van der Waals surface area contributed by atoms with Gasteiger partial charge in [-0.2, -0.15) is 0 Å². The van der Waals surface area contributed by atoms with Crippen LogP contribution in [0.15, 0.2) is 0 Å². The lowest BCUT2D eigenvalue weighted by Crippen LogP contribution is -2.27. The fourth-order valence-corrected chi connectivity index (χ4v) is 0.424. The molecule has 0 aliphatic rings. The van der Waals surface area contributed by atoms with Gasteiger partial charge in [0.1, 0.15) is 0 Å². The Kier molecular flexibility index (Phi) is 2.75. The number of carbonyl (C=O) groups excluding carboxylic acids is 1. The second-order valence-electron chi connectivity index (χ2n) is 2.54. The van der Waals surface area contributed by atoms with Crippen molar-refractivity contribution in [3.05, 3.63) is 0 Å². The molecule has 10 heavy (non-hydrogen) atoms. The van der Waals surface area contributed by atoms with E-state index in [0.717, 1.165) is 11.8 Å². The first-order valence-corrected chi connectivity index (χ1v) is 2.91. The summed E-state index contributed by atoms with van der Waals surface area (Å²) in [4.78, 5) is 11.8. The van der Waals surface area contributed by atoms with E-state index >= 15 is 0 Å². The predicted molar refractivity (Wildman–Crippen MR) is 33.9 cm³/mol. The smallest absolute Gasteiger partial charge is 0.254 e. The molecule has 0 fully saturated rings. The topological polar surface area (TPSA) is 20.3 Å². The van der Waals surface area contributed by atoms with Crippen molar-refractivity contribution in [2.75, 3.05) is 14.1 Å². The Morgan fingerprint density at radius 3 is 2.00 bits per heavy atom. The highest BCUT2D eigenvalue weighted by Gasteiger charge is 2.25. The van der Waals surface area contributed by atoms with Crippen LogP contribution >= 0.6 is 0 Å². The molecule has 0 saturated heterocycles. The molecule has 0 aliphatic heterocycles. The summed E-state index contributed by atoms with van der Waals surface area (Å²) in [5, 5.41) is 0. The number of carbonyl (C=O) groups is 1. The molecule has 0 saturated carbocycles. The van der Waals surface area contributed by atoms with Crippen molar-refractivity contribution in [1.29, 1.82) is 0 Å². The van der Waals surface area contributed by atoms with Crippen molar-refractivity contribution in [2.45, 2.75) is 19.3 Å². The average Bonchev–Trinajstić information content (AvgIpc) is 1.60. The Labute approximate surface area is 58.8 Å². The Morgan fingerprint density at radius 1 is 1.50 bits per heavy atom. The van der Waals surface area contributed by atoms with Crippen LogP contribution in [0.1, 0.15) is 13.3 Å². The SMILES string of the molecule is CN(C)C(=O)CC(C)(F)F. The van der Waals surface area contributed by atoms with Gasteiger partial charge in [-0.1, -0.05) is 0 Å². The van der Waals surface area contributed by atoms with Crippen LogP contribution < -0.4 is 0 Å². The van der Waals surface area contributed by atoms with Crippen LogP contribution in [0.3, 0.4) is 0 Å². The molecular formula is C6H11F2NO. The zero-order valence-electron chi connectivity index (χ0n) is 6.32. The van der Waals surface area contributed by atoms with Gasteiger partial charge in [0.2, 0.25) is 5.91 Å². The molecule has 1 amide bonds. The highest BCUT2D eigenvalue weighted by Crippen LogP contribution is 2.16. The summed E-state index contributed by atoms with van der Waals surface area (Å²) in [5.74, 6) is -3.44. The van der Waals surface area contributed by atoms with Gasteiger partial charge in [-0.15, -0.1) is 0 Å². The summed E-state index contributed by atoms with van der Waals surface area (Å²) in [5.41, 5.74) is 0. The first-order valence-electron chi connectivity index (χ1n) is 2.91. The molecule has 0 aromatic rings. The van der Waals surface area contributed by atoms with Crippen molar-refractivity contribution < 1.29 is 13.6 Å². The van der Waals surface area contributed by atoms with Crippen LogP contribution in [0, 0.1) is 0 Å². The minimum atomic E-state index is -2.89. The second kappa shape index (κ2) is 2.94. The van der Waals surface area contributed by atoms with Gasteiger partial charge in [0.25, 0.3) is 5.92 Å². The van der Waals surface area contributed by atoms with Crippen molar-refractivity contribution >= 4 is 5.91 Å². The average molecular weight is 151 g/mol. The zero-order valence-corrected chi connectivity index (χ0v) is 6.32. The first kappa shape index (κ1) is 9.33. The van der Waals surface area contributed by atoms with E-state index in [4.69, 9.17) is 0 Å². The molecular weight excluding hydrogens is 140 g/mol. The Hall–Kier alpha value is -0.670. The number of hydrogen-bond acceptors (Lipinski definition) is 1. The fraction of sp³-hybridized carbons (Fsp3) is 0.833. The number of nitrogens with zero attached hydrogens (tertiary/aromatic N) is 1. The number of halogens is 2. The van der Waals surface area contributed by atoms with E-state index in [1.165, 1.54) is 14.1 Å². The first-order chi connectivity index (χ1) is 4.33. The minimum Gasteiger partial charge on any atom is -0.349 e. The molecule has 4 heteroatoms. The van der Waals surface area contributed by atoms with Gasteiger partial charge < -0.3 is 4.90 Å². The van der Waals surface area contributed by atoms with E-state index in [2.05, 4.69) is 0 Å². The quantitative estimate of drug-likeness (QED) is 0.579. The molecule has 0 spiro atoms. The molecule has 0 rings (SSSR count). The standard InChI is InChI=1S/C6H11F2NO/c1-6(7,8)4-5(10)9(2)3/h4H2,1-3H3. The lowest BCUT2D eigenvalue weighted by molar-refractivity contribution is -0.135. The Morgan fingerprint density at radius 2 is 1.90 bits per heavy atom. The van der Waals surface area contributed by atoms with E-state index in [1.54, 1.807) is 0 Å². The lowest BCUT2D eigenvalue weighted by Gasteiger charge is -2.13. The normalized spacial score (nSPS) is 11.3. The van der Waals surface area contributed by atoms with E-state index in [-0.39, 0.29) is 0 Å². The third-order valence-corrected chi connectivity index (χ3v) is 0.960. The van der Waals surface area contributed by atoms with Gasteiger partial charge in [0.15, 0.2) is 0 Å². The third kappa shape index (κ3) is 4.23. The van der Waals surface area contributed by atoms with Gasteiger partial charge in [-0.3, -0.25) is 4.79 Å². The van der Waals surface area contributed by atoms with Crippen molar-refractivity contribution in [2.24, 2.45) is 0 Å². The van der Waals surface area contributed by atoms with Crippen LogP contribution in [-0.2, 0) is 4.79 Å². The van der Waals surface area contributed by atoms with Crippen LogP contribution in [-0.4, -0.2) is 30.8 Å². The fourth-order valence-electron chi connectivity index (χ4n) is 0.424. The largest absolute Gasteiger partial charge is 0.349 e. The summed E-state index contributed by atoms with van der Waals surface area (Å²) in [6.07, 6.45) is -0.708. The van der Waals surface area contributed by atoms with E-state index in [1.807, 2.05) is 0 Å². The van der Waals surface area contributed by atoms with Crippen molar-refractivity contribution in [3.63, 3.8) is 0 Å². The maximum atomic E-state index is 12.1.